The highest BCUT2D eigenvalue weighted by molar-refractivity contribution is 5.74. The van der Waals surface area contributed by atoms with Gasteiger partial charge < -0.3 is 15.6 Å². The van der Waals surface area contributed by atoms with Crippen LogP contribution < -0.4 is 10.6 Å². The number of unbranched alkanes of at least 4 members (excludes halogenated alkanes) is 3. The molecule has 0 aliphatic heterocycles. The molecule has 0 aliphatic rings. The fourth-order valence-electron chi connectivity index (χ4n) is 1.96. The molecule has 108 valence electrons. The maximum absolute atomic E-state index is 11.6. The number of aromatic amines is 1. The Balaban J connectivity index is 2.03. The zero-order valence-corrected chi connectivity index (χ0v) is 12.0. The van der Waals surface area contributed by atoms with Gasteiger partial charge in [0.25, 0.3) is 0 Å². The molecule has 1 atom stereocenters. The summed E-state index contributed by atoms with van der Waals surface area (Å²) in [5.41, 5.74) is 1.04. The van der Waals surface area contributed by atoms with Gasteiger partial charge in [-0.25, -0.2) is 9.78 Å². The minimum absolute atomic E-state index is 0.0810. The van der Waals surface area contributed by atoms with Gasteiger partial charge in [-0.3, -0.25) is 0 Å². The second kappa shape index (κ2) is 9.42. The van der Waals surface area contributed by atoms with Crippen LogP contribution >= 0.6 is 0 Å². The predicted octanol–water partition coefficient (Wildman–Crippen LogP) is 2.61. The zero-order valence-electron chi connectivity index (χ0n) is 12.0. The highest BCUT2D eigenvalue weighted by atomic mass is 16.2. The third-order valence-electron chi connectivity index (χ3n) is 3.10. The Kier molecular flexibility index (Phi) is 7.70. The molecule has 5 nitrogen and oxygen atoms in total. The van der Waals surface area contributed by atoms with Crippen LogP contribution in [0, 0.1) is 0 Å². The second-order valence-electron chi connectivity index (χ2n) is 4.98. The number of rotatable bonds is 9. The molecule has 0 saturated carbocycles. The Labute approximate surface area is 115 Å². The molecule has 1 aromatic rings. The van der Waals surface area contributed by atoms with E-state index >= 15 is 0 Å². The largest absolute Gasteiger partial charge is 0.348 e. The Hall–Kier alpha value is -1.52. The molecule has 2 amide bonds. The summed E-state index contributed by atoms with van der Waals surface area (Å²) in [5.74, 6) is 0. The minimum Gasteiger partial charge on any atom is -0.348 e. The van der Waals surface area contributed by atoms with Gasteiger partial charge in [0.1, 0.15) is 0 Å². The smallest absolute Gasteiger partial charge is 0.315 e. The standard InChI is InChI=1S/C14H26N4O/c1-3-4-5-6-7-12(2)18-14(19)16-9-8-13-10-15-11-17-13/h10-12H,3-9H2,1-2H3,(H,15,17)(H2,16,18,19)/t12-/m0/s1. The first-order chi connectivity index (χ1) is 9.22. The summed E-state index contributed by atoms with van der Waals surface area (Å²) in [5, 5.41) is 5.82. The van der Waals surface area contributed by atoms with Crippen LogP contribution in [0.4, 0.5) is 4.79 Å². The lowest BCUT2D eigenvalue weighted by Crippen LogP contribution is -2.41. The van der Waals surface area contributed by atoms with E-state index in [2.05, 4.69) is 34.4 Å². The van der Waals surface area contributed by atoms with Gasteiger partial charge in [0.05, 0.1) is 6.33 Å². The molecular weight excluding hydrogens is 240 g/mol. The molecule has 0 radical (unpaired) electrons. The lowest BCUT2D eigenvalue weighted by molar-refractivity contribution is 0.237. The molecule has 1 rings (SSSR count). The molecule has 0 aliphatic carbocycles. The number of urea groups is 1. The van der Waals surface area contributed by atoms with Gasteiger partial charge in [0, 0.05) is 30.9 Å². The average Bonchev–Trinajstić information content (AvgIpc) is 2.88. The first-order valence-corrected chi connectivity index (χ1v) is 7.24. The van der Waals surface area contributed by atoms with Gasteiger partial charge in [0.2, 0.25) is 0 Å². The quantitative estimate of drug-likeness (QED) is 0.601. The van der Waals surface area contributed by atoms with E-state index in [-0.39, 0.29) is 12.1 Å². The van der Waals surface area contributed by atoms with Gasteiger partial charge in [-0.15, -0.1) is 0 Å². The number of H-pyrrole nitrogens is 1. The summed E-state index contributed by atoms with van der Waals surface area (Å²) < 4.78 is 0. The monoisotopic (exact) mass is 266 g/mol. The van der Waals surface area contributed by atoms with Crippen LogP contribution in [-0.4, -0.2) is 28.6 Å². The first kappa shape index (κ1) is 15.5. The lowest BCUT2D eigenvalue weighted by Gasteiger charge is -2.14. The molecule has 0 saturated heterocycles. The number of carbonyl (C=O) groups is 1. The molecular formula is C14H26N4O. The summed E-state index contributed by atoms with van der Waals surface area (Å²) >= 11 is 0. The van der Waals surface area contributed by atoms with Crippen molar-refractivity contribution in [3.63, 3.8) is 0 Å². The zero-order chi connectivity index (χ0) is 13.9. The van der Waals surface area contributed by atoms with Crippen LogP contribution in [0.2, 0.25) is 0 Å². The third-order valence-corrected chi connectivity index (χ3v) is 3.10. The molecule has 0 bridgehead atoms. The van der Waals surface area contributed by atoms with Crippen molar-refractivity contribution in [3.8, 4) is 0 Å². The number of amides is 2. The van der Waals surface area contributed by atoms with Gasteiger partial charge in [-0.2, -0.15) is 0 Å². The van der Waals surface area contributed by atoms with Crippen molar-refractivity contribution in [2.45, 2.75) is 58.4 Å². The summed E-state index contributed by atoms with van der Waals surface area (Å²) in [6.07, 6.45) is 10.2. The van der Waals surface area contributed by atoms with Gasteiger partial charge >= 0.3 is 6.03 Å². The van der Waals surface area contributed by atoms with E-state index in [1.165, 1.54) is 25.7 Å². The molecule has 1 heterocycles. The lowest BCUT2D eigenvalue weighted by atomic mass is 10.1. The van der Waals surface area contributed by atoms with Gasteiger partial charge in [-0.05, 0) is 13.3 Å². The summed E-state index contributed by atoms with van der Waals surface area (Å²) in [4.78, 5) is 18.6. The van der Waals surface area contributed by atoms with Crippen molar-refractivity contribution >= 4 is 6.03 Å². The highest BCUT2D eigenvalue weighted by Crippen LogP contribution is 2.04. The predicted molar refractivity (Wildman–Crippen MR) is 77.0 cm³/mol. The van der Waals surface area contributed by atoms with Crippen LogP contribution in [0.3, 0.4) is 0 Å². The molecule has 0 unspecified atom stereocenters. The van der Waals surface area contributed by atoms with Crippen molar-refractivity contribution < 1.29 is 4.79 Å². The Morgan fingerprint density at radius 1 is 1.42 bits per heavy atom. The molecule has 0 spiro atoms. The highest BCUT2D eigenvalue weighted by Gasteiger charge is 2.06. The Morgan fingerprint density at radius 3 is 2.95 bits per heavy atom. The number of hydrogen-bond acceptors (Lipinski definition) is 2. The molecule has 1 aromatic heterocycles. The number of aromatic nitrogens is 2. The van der Waals surface area contributed by atoms with Crippen LogP contribution in [0.25, 0.3) is 0 Å². The van der Waals surface area contributed by atoms with Crippen molar-refractivity contribution in [2.75, 3.05) is 6.54 Å². The molecule has 3 N–H and O–H groups in total. The fraction of sp³-hybridized carbons (Fsp3) is 0.714. The molecule has 5 heteroatoms. The van der Waals surface area contributed by atoms with E-state index in [1.807, 2.05) is 0 Å². The van der Waals surface area contributed by atoms with E-state index in [0.29, 0.717) is 6.54 Å². The second-order valence-corrected chi connectivity index (χ2v) is 4.98. The van der Waals surface area contributed by atoms with Crippen LogP contribution in [0.5, 0.6) is 0 Å². The van der Waals surface area contributed by atoms with E-state index in [1.54, 1.807) is 12.5 Å². The number of hydrogen-bond donors (Lipinski definition) is 3. The van der Waals surface area contributed by atoms with Crippen molar-refractivity contribution in [2.24, 2.45) is 0 Å². The average molecular weight is 266 g/mol. The van der Waals surface area contributed by atoms with E-state index in [4.69, 9.17) is 0 Å². The fourth-order valence-corrected chi connectivity index (χ4v) is 1.96. The summed E-state index contributed by atoms with van der Waals surface area (Å²) in [6, 6.07) is 0.159. The number of imidazole rings is 1. The topological polar surface area (TPSA) is 69.8 Å². The number of nitrogens with one attached hydrogen (secondary N) is 3. The van der Waals surface area contributed by atoms with Crippen LogP contribution in [-0.2, 0) is 6.42 Å². The molecule has 19 heavy (non-hydrogen) atoms. The van der Waals surface area contributed by atoms with Crippen LogP contribution in [0.1, 0.15) is 51.6 Å². The SMILES string of the molecule is CCCCCC[C@H](C)NC(=O)NCCc1cnc[nH]1. The molecule has 0 aromatic carbocycles. The normalized spacial score (nSPS) is 12.1. The van der Waals surface area contributed by atoms with E-state index < -0.39 is 0 Å². The number of carbonyl (C=O) groups excluding carboxylic acids is 1. The maximum atomic E-state index is 11.6. The van der Waals surface area contributed by atoms with Crippen LogP contribution in [0.15, 0.2) is 12.5 Å². The van der Waals surface area contributed by atoms with Crippen molar-refractivity contribution in [1.29, 1.82) is 0 Å². The first-order valence-electron chi connectivity index (χ1n) is 7.24. The summed E-state index contributed by atoms with van der Waals surface area (Å²) in [6.45, 7) is 4.88. The van der Waals surface area contributed by atoms with Gasteiger partial charge in [-0.1, -0.05) is 32.6 Å². The van der Waals surface area contributed by atoms with Crippen molar-refractivity contribution in [3.05, 3.63) is 18.2 Å². The summed E-state index contributed by atoms with van der Waals surface area (Å²) in [7, 11) is 0. The van der Waals surface area contributed by atoms with E-state index in [9.17, 15) is 4.79 Å². The third kappa shape index (κ3) is 7.49. The Morgan fingerprint density at radius 2 is 2.26 bits per heavy atom. The molecule has 0 fully saturated rings. The number of nitrogens with zero attached hydrogens (tertiary/aromatic N) is 1. The maximum Gasteiger partial charge on any atom is 0.315 e. The van der Waals surface area contributed by atoms with E-state index in [0.717, 1.165) is 18.5 Å². The Bertz CT molecular complexity index is 337. The minimum atomic E-state index is -0.0810. The van der Waals surface area contributed by atoms with Gasteiger partial charge in [0.15, 0.2) is 0 Å². The van der Waals surface area contributed by atoms with Crippen molar-refractivity contribution in [1.82, 2.24) is 20.6 Å².